The van der Waals surface area contributed by atoms with Gasteiger partial charge in [0.25, 0.3) is 0 Å². The molecule has 6 heteroatoms. The molecule has 1 unspecified atom stereocenters. The monoisotopic (exact) mass is 279 g/mol. The third-order valence-corrected chi connectivity index (χ3v) is 3.43. The summed E-state index contributed by atoms with van der Waals surface area (Å²) in [7, 11) is 1.33. The Morgan fingerprint density at radius 1 is 1.60 bits per heavy atom. The van der Waals surface area contributed by atoms with Gasteiger partial charge in [-0.2, -0.15) is 0 Å². The number of ether oxygens (including phenoxy) is 2. The predicted molar refractivity (Wildman–Crippen MR) is 76.7 cm³/mol. The molecular formula is C14H21N3O3. The largest absolute Gasteiger partial charge is 0.465 e. The molecule has 2 rings (SSSR count). The van der Waals surface area contributed by atoms with Gasteiger partial charge in [-0.3, -0.25) is 0 Å². The summed E-state index contributed by atoms with van der Waals surface area (Å²) in [4.78, 5) is 15.7. The first kappa shape index (κ1) is 14.6. The van der Waals surface area contributed by atoms with E-state index in [0.717, 1.165) is 25.9 Å². The lowest BCUT2D eigenvalue weighted by Crippen LogP contribution is -2.22. The minimum absolute atomic E-state index is 0.307. The van der Waals surface area contributed by atoms with Gasteiger partial charge in [0.2, 0.25) is 0 Å². The molecule has 1 aromatic rings. The number of carbonyl (C=O) groups excluding carboxylic acids is 1. The fourth-order valence-electron chi connectivity index (χ4n) is 2.29. The topological polar surface area (TPSA) is 86.5 Å². The molecule has 1 atom stereocenters. The van der Waals surface area contributed by atoms with Crippen molar-refractivity contribution in [3.05, 3.63) is 17.8 Å². The molecule has 0 aromatic carbocycles. The van der Waals surface area contributed by atoms with E-state index in [2.05, 4.69) is 15.0 Å². The lowest BCUT2D eigenvalue weighted by atomic mass is 10.1. The van der Waals surface area contributed by atoms with Crippen LogP contribution >= 0.6 is 0 Å². The van der Waals surface area contributed by atoms with Crippen LogP contribution in [0.25, 0.3) is 0 Å². The van der Waals surface area contributed by atoms with Gasteiger partial charge in [0.1, 0.15) is 5.82 Å². The molecule has 0 bridgehead atoms. The molecule has 0 spiro atoms. The minimum Gasteiger partial charge on any atom is -0.465 e. The number of nitrogens with two attached hydrogens (primary N) is 1. The van der Waals surface area contributed by atoms with Crippen LogP contribution in [-0.2, 0) is 9.47 Å². The number of pyridine rings is 1. The van der Waals surface area contributed by atoms with Crippen LogP contribution in [-0.4, -0.2) is 37.3 Å². The van der Waals surface area contributed by atoms with E-state index >= 15 is 0 Å². The van der Waals surface area contributed by atoms with Crippen LogP contribution in [0, 0.1) is 0 Å². The van der Waals surface area contributed by atoms with Gasteiger partial charge in [0.15, 0.2) is 0 Å². The summed E-state index contributed by atoms with van der Waals surface area (Å²) >= 11 is 0. The maximum atomic E-state index is 11.5. The first-order valence-corrected chi connectivity index (χ1v) is 6.90. The van der Waals surface area contributed by atoms with Gasteiger partial charge in [-0.15, -0.1) is 0 Å². The van der Waals surface area contributed by atoms with Crippen molar-refractivity contribution in [2.45, 2.75) is 31.8 Å². The van der Waals surface area contributed by atoms with E-state index in [9.17, 15) is 4.79 Å². The zero-order valence-electron chi connectivity index (χ0n) is 11.7. The molecule has 1 aliphatic heterocycles. The highest BCUT2D eigenvalue weighted by atomic mass is 16.5. The Hall–Kier alpha value is -1.82. The second-order valence-corrected chi connectivity index (χ2v) is 4.82. The van der Waals surface area contributed by atoms with Crippen LogP contribution in [0.4, 0.5) is 11.5 Å². The van der Waals surface area contributed by atoms with E-state index in [-0.39, 0.29) is 0 Å². The number of rotatable bonds is 5. The lowest BCUT2D eigenvalue weighted by molar-refractivity contribution is 0.0134. The van der Waals surface area contributed by atoms with Crippen molar-refractivity contribution in [3.8, 4) is 0 Å². The first-order valence-electron chi connectivity index (χ1n) is 6.90. The van der Waals surface area contributed by atoms with Gasteiger partial charge in [-0.25, -0.2) is 9.78 Å². The van der Waals surface area contributed by atoms with Crippen molar-refractivity contribution in [1.29, 1.82) is 0 Å². The third-order valence-electron chi connectivity index (χ3n) is 3.43. The number of esters is 1. The summed E-state index contributed by atoms with van der Waals surface area (Å²) in [6, 6.07) is 1.55. The van der Waals surface area contributed by atoms with Crippen molar-refractivity contribution in [2.75, 3.05) is 31.3 Å². The maximum absolute atomic E-state index is 11.5. The number of aromatic nitrogens is 1. The normalized spacial score (nSPS) is 18.6. The molecular weight excluding hydrogens is 258 g/mol. The fraction of sp³-hybridized carbons (Fsp3) is 0.571. The van der Waals surface area contributed by atoms with Crippen molar-refractivity contribution >= 4 is 17.5 Å². The number of nitrogen functional groups attached to an aromatic ring is 1. The Balaban J connectivity index is 1.90. The van der Waals surface area contributed by atoms with Crippen molar-refractivity contribution in [1.82, 2.24) is 4.98 Å². The number of hydrogen-bond acceptors (Lipinski definition) is 6. The van der Waals surface area contributed by atoms with Crippen molar-refractivity contribution in [2.24, 2.45) is 0 Å². The number of hydrogen-bond donors (Lipinski definition) is 2. The first-order chi connectivity index (χ1) is 9.72. The second kappa shape index (κ2) is 7.09. The van der Waals surface area contributed by atoms with Crippen LogP contribution in [0.2, 0.25) is 0 Å². The summed E-state index contributed by atoms with van der Waals surface area (Å²) in [6.07, 6.45) is 6.24. The molecule has 1 aliphatic rings. The quantitative estimate of drug-likeness (QED) is 0.800. The molecule has 2 heterocycles. The number of methoxy groups -OCH3 is 1. The number of carbonyl (C=O) groups is 1. The SMILES string of the molecule is COC(=O)c1ccnc(NCCC2CCCCO2)c1N. The Kier molecular flexibility index (Phi) is 5.17. The molecule has 0 radical (unpaired) electrons. The predicted octanol–water partition coefficient (Wildman–Crippen LogP) is 1.82. The highest BCUT2D eigenvalue weighted by molar-refractivity contribution is 5.97. The summed E-state index contributed by atoms with van der Waals surface area (Å²) < 4.78 is 10.3. The van der Waals surface area contributed by atoms with Crippen molar-refractivity contribution in [3.63, 3.8) is 0 Å². The molecule has 6 nitrogen and oxygen atoms in total. The van der Waals surface area contributed by atoms with Crippen LogP contribution in [0.15, 0.2) is 12.3 Å². The smallest absolute Gasteiger partial charge is 0.340 e. The van der Waals surface area contributed by atoms with Gasteiger partial charge in [-0.1, -0.05) is 0 Å². The molecule has 1 saturated heterocycles. The molecule has 0 saturated carbocycles. The molecule has 20 heavy (non-hydrogen) atoms. The Morgan fingerprint density at radius 3 is 3.15 bits per heavy atom. The van der Waals surface area contributed by atoms with E-state index in [1.54, 1.807) is 12.3 Å². The molecule has 0 aliphatic carbocycles. The number of nitrogens with one attached hydrogen (secondary N) is 1. The fourth-order valence-corrected chi connectivity index (χ4v) is 2.29. The van der Waals surface area contributed by atoms with Crippen LogP contribution in [0.3, 0.4) is 0 Å². The summed E-state index contributed by atoms with van der Waals surface area (Å²) in [5.41, 5.74) is 6.58. The van der Waals surface area contributed by atoms with E-state index in [4.69, 9.17) is 10.5 Å². The van der Waals surface area contributed by atoms with Crippen LogP contribution < -0.4 is 11.1 Å². The Bertz CT molecular complexity index is 459. The van der Waals surface area contributed by atoms with Gasteiger partial charge in [-0.05, 0) is 31.7 Å². The van der Waals surface area contributed by atoms with Gasteiger partial charge < -0.3 is 20.5 Å². The second-order valence-electron chi connectivity index (χ2n) is 4.82. The number of nitrogens with zero attached hydrogens (tertiary/aromatic N) is 1. The van der Waals surface area contributed by atoms with Gasteiger partial charge >= 0.3 is 5.97 Å². The van der Waals surface area contributed by atoms with Crippen molar-refractivity contribution < 1.29 is 14.3 Å². The Morgan fingerprint density at radius 2 is 2.45 bits per heavy atom. The van der Waals surface area contributed by atoms with Crippen LogP contribution in [0.5, 0.6) is 0 Å². The highest BCUT2D eigenvalue weighted by Gasteiger charge is 2.15. The standard InChI is InChI=1S/C14H21N3O3/c1-19-14(18)11-6-8-17-13(12(11)15)16-7-5-10-4-2-3-9-20-10/h6,8,10H,2-5,7,9,15H2,1H3,(H,16,17). The number of anilines is 2. The lowest BCUT2D eigenvalue weighted by Gasteiger charge is -2.22. The molecule has 1 aromatic heterocycles. The van der Waals surface area contributed by atoms with E-state index in [1.165, 1.54) is 13.5 Å². The minimum atomic E-state index is -0.455. The summed E-state index contributed by atoms with van der Waals surface area (Å²) in [5, 5.41) is 3.16. The third kappa shape index (κ3) is 3.60. The van der Waals surface area contributed by atoms with E-state index in [1.807, 2.05) is 0 Å². The zero-order valence-corrected chi connectivity index (χ0v) is 11.7. The summed E-state index contributed by atoms with van der Waals surface area (Å²) in [6.45, 7) is 1.56. The molecule has 1 fully saturated rings. The average Bonchev–Trinajstić information content (AvgIpc) is 2.49. The average molecular weight is 279 g/mol. The van der Waals surface area contributed by atoms with E-state index in [0.29, 0.717) is 29.7 Å². The van der Waals surface area contributed by atoms with E-state index < -0.39 is 5.97 Å². The molecule has 110 valence electrons. The zero-order chi connectivity index (χ0) is 14.4. The van der Waals surface area contributed by atoms with Gasteiger partial charge in [0.05, 0.1) is 24.5 Å². The van der Waals surface area contributed by atoms with Gasteiger partial charge in [0, 0.05) is 19.3 Å². The molecule has 3 N–H and O–H groups in total. The summed E-state index contributed by atoms with van der Waals surface area (Å²) in [5.74, 6) is 0.0623. The Labute approximate surface area is 118 Å². The highest BCUT2D eigenvalue weighted by Crippen LogP contribution is 2.21. The maximum Gasteiger partial charge on any atom is 0.340 e. The van der Waals surface area contributed by atoms with Crippen LogP contribution in [0.1, 0.15) is 36.0 Å². The molecule has 0 amide bonds.